The van der Waals surface area contributed by atoms with Gasteiger partial charge in [0.1, 0.15) is 17.4 Å². The number of ether oxygens (including phenoxy) is 1. The molecule has 0 radical (unpaired) electrons. The van der Waals surface area contributed by atoms with Gasteiger partial charge in [-0.25, -0.2) is 8.78 Å². The number of hydrogen-bond acceptors (Lipinski definition) is 2. The number of carbonyl (C=O) groups excluding carboxylic acids is 1. The van der Waals surface area contributed by atoms with Crippen LogP contribution in [0.3, 0.4) is 0 Å². The molecule has 2 aromatic carbocycles. The van der Waals surface area contributed by atoms with Crippen LogP contribution in [0.1, 0.15) is 10.4 Å². The van der Waals surface area contributed by atoms with Gasteiger partial charge in [-0.2, -0.15) is 13.2 Å². The molecule has 0 aliphatic carbocycles. The minimum absolute atomic E-state index is 0.127. The molecule has 24 heavy (non-hydrogen) atoms. The Labute approximate surface area is 138 Å². The maximum Gasteiger partial charge on any atom is 0.422 e. The highest BCUT2D eigenvalue weighted by molar-refractivity contribution is 6.34. The monoisotopic (exact) mass is 365 g/mol. The molecule has 0 saturated carbocycles. The Morgan fingerprint density at radius 1 is 1.17 bits per heavy atom. The lowest BCUT2D eigenvalue weighted by molar-refractivity contribution is -0.153. The number of hydrogen-bond donors (Lipinski definition) is 1. The lowest BCUT2D eigenvalue weighted by atomic mass is 10.1. The second-order valence-electron chi connectivity index (χ2n) is 4.60. The second kappa shape index (κ2) is 7.04. The number of halogens is 6. The number of amides is 1. The summed E-state index contributed by atoms with van der Waals surface area (Å²) < 4.78 is 68.2. The quantitative estimate of drug-likeness (QED) is 0.789. The highest BCUT2D eigenvalue weighted by Gasteiger charge is 2.29. The van der Waals surface area contributed by atoms with E-state index in [0.29, 0.717) is 6.07 Å². The first-order valence-corrected chi connectivity index (χ1v) is 6.79. The van der Waals surface area contributed by atoms with Crippen molar-refractivity contribution < 1.29 is 31.5 Å². The van der Waals surface area contributed by atoms with Crippen molar-refractivity contribution in [2.75, 3.05) is 11.9 Å². The van der Waals surface area contributed by atoms with Gasteiger partial charge in [0.05, 0.1) is 16.3 Å². The maximum atomic E-state index is 13.7. The van der Waals surface area contributed by atoms with Gasteiger partial charge in [0.2, 0.25) is 0 Å². The van der Waals surface area contributed by atoms with Gasteiger partial charge in [-0.05, 0) is 30.3 Å². The fraction of sp³-hybridized carbons (Fsp3) is 0.133. The van der Waals surface area contributed by atoms with Gasteiger partial charge < -0.3 is 10.1 Å². The van der Waals surface area contributed by atoms with Crippen molar-refractivity contribution in [2.24, 2.45) is 0 Å². The Morgan fingerprint density at radius 3 is 2.50 bits per heavy atom. The van der Waals surface area contributed by atoms with E-state index in [9.17, 15) is 26.7 Å². The fourth-order valence-corrected chi connectivity index (χ4v) is 1.97. The van der Waals surface area contributed by atoms with E-state index < -0.39 is 41.6 Å². The summed E-state index contributed by atoms with van der Waals surface area (Å²) >= 11 is 5.74. The Bertz CT molecular complexity index is 744. The summed E-state index contributed by atoms with van der Waals surface area (Å²) in [5.74, 6) is -3.30. The van der Waals surface area contributed by atoms with Crippen LogP contribution in [0.15, 0.2) is 36.4 Å². The summed E-state index contributed by atoms with van der Waals surface area (Å²) in [6, 6.07) is 6.00. The van der Waals surface area contributed by atoms with Crippen molar-refractivity contribution >= 4 is 23.2 Å². The average Bonchev–Trinajstić information content (AvgIpc) is 2.48. The Morgan fingerprint density at radius 2 is 1.88 bits per heavy atom. The second-order valence-corrected chi connectivity index (χ2v) is 5.00. The lowest BCUT2D eigenvalue weighted by Gasteiger charge is -2.14. The Hall–Kier alpha value is -2.35. The molecule has 2 rings (SSSR count). The van der Waals surface area contributed by atoms with E-state index in [0.717, 1.165) is 18.2 Å². The molecule has 1 amide bonds. The molecule has 0 bridgehead atoms. The van der Waals surface area contributed by atoms with E-state index in [4.69, 9.17) is 11.6 Å². The van der Waals surface area contributed by atoms with Crippen LogP contribution in [-0.4, -0.2) is 18.7 Å². The third-order valence-electron chi connectivity index (χ3n) is 2.78. The number of anilines is 1. The van der Waals surface area contributed by atoms with Gasteiger partial charge in [-0.15, -0.1) is 0 Å². The van der Waals surface area contributed by atoms with Gasteiger partial charge in [0.25, 0.3) is 5.91 Å². The zero-order valence-corrected chi connectivity index (χ0v) is 12.5. The molecule has 0 fully saturated rings. The normalized spacial score (nSPS) is 11.2. The number of rotatable bonds is 4. The van der Waals surface area contributed by atoms with Gasteiger partial charge in [-0.3, -0.25) is 4.79 Å². The molecule has 128 valence electrons. The predicted molar refractivity (Wildman–Crippen MR) is 77.3 cm³/mol. The summed E-state index contributed by atoms with van der Waals surface area (Å²) in [7, 11) is 0. The van der Waals surface area contributed by atoms with Crippen molar-refractivity contribution in [1.29, 1.82) is 0 Å². The summed E-state index contributed by atoms with van der Waals surface area (Å²) in [5.41, 5.74) is -0.909. The highest BCUT2D eigenvalue weighted by atomic mass is 35.5. The molecule has 0 heterocycles. The van der Waals surface area contributed by atoms with Crippen LogP contribution in [0.5, 0.6) is 5.75 Å². The fourth-order valence-electron chi connectivity index (χ4n) is 1.76. The van der Waals surface area contributed by atoms with E-state index >= 15 is 0 Å². The standard InChI is InChI=1S/C15H9ClF5NO2/c16-10-2-1-3-11(18)13(10)22-14(23)9-6-8(17)4-5-12(9)24-7-15(19,20)21/h1-6H,7H2,(H,22,23). The number of alkyl halides is 3. The van der Waals surface area contributed by atoms with E-state index in [1.807, 2.05) is 0 Å². The van der Waals surface area contributed by atoms with Crippen molar-refractivity contribution in [3.05, 3.63) is 58.6 Å². The first-order valence-electron chi connectivity index (χ1n) is 6.42. The number of benzene rings is 2. The van der Waals surface area contributed by atoms with Crippen LogP contribution in [0.2, 0.25) is 5.02 Å². The molecule has 3 nitrogen and oxygen atoms in total. The number of nitrogens with one attached hydrogen (secondary N) is 1. The first-order chi connectivity index (χ1) is 11.2. The summed E-state index contributed by atoms with van der Waals surface area (Å²) in [4.78, 5) is 12.2. The molecule has 0 atom stereocenters. The summed E-state index contributed by atoms with van der Waals surface area (Å²) in [6.45, 7) is -1.67. The summed E-state index contributed by atoms with van der Waals surface area (Å²) in [6.07, 6.45) is -4.64. The first kappa shape index (κ1) is 18.0. The molecular weight excluding hydrogens is 357 g/mol. The zero-order chi connectivity index (χ0) is 17.9. The third-order valence-corrected chi connectivity index (χ3v) is 3.09. The van der Waals surface area contributed by atoms with Crippen LogP contribution in [0.4, 0.5) is 27.6 Å². The maximum absolute atomic E-state index is 13.7. The molecule has 0 aromatic heterocycles. The van der Waals surface area contributed by atoms with E-state index in [2.05, 4.69) is 10.1 Å². The van der Waals surface area contributed by atoms with Crippen molar-refractivity contribution in [1.82, 2.24) is 0 Å². The van der Waals surface area contributed by atoms with Crippen LogP contribution in [0, 0.1) is 11.6 Å². The van der Waals surface area contributed by atoms with Gasteiger partial charge >= 0.3 is 6.18 Å². The predicted octanol–water partition coefficient (Wildman–Crippen LogP) is 4.81. The molecule has 2 aromatic rings. The van der Waals surface area contributed by atoms with E-state index in [1.54, 1.807) is 0 Å². The minimum Gasteiger partial charge on any atom is -0.483 e. The van der Waals surface area contributed by atoms with E-state index in [-0.39, 0.29) is 10.7 Å². The molecular formula is C15H9ClF5NO2. The molecule has 0 unspecified atom stereocenters. The molecule has 9 heteroatoms. The largest absolute Gasteiger partial charge is 0.483 e. The SMILES string of the molecule is O=C(Nc1c(F)cccc1Cl)c1cc(F)ccc1OCC(F)(F)F. The highest BCUT2D eigenvalue weighted by Crippen LogP contribution is 2.28. The Kier molecular flexibility index (Phi) is 5.28. The topological polar surface area (TPSA) is 38.3 Å². The molecule has 0 saturated heterocycles. The third kappa shape index (κ3) is 4.58. The Balaban J connectivity index is 2.29. The van der Waals surface area contributed by atoms with Gasteiger partial charge in [-0.1, -0.05) is 17.7 Å². The summed E-state index contributed by atoms with van der Waals surface area (Å²) in [5, 5.41) is 1.96. The number of carbonyl (C=O) groups is 1. The van der Waals surface area contributed by atoms with Crippen LogP contribution < -0.4 is 10.1 Å². The average molecular weight is 366 g/mol. The van der Waals surface area contributed by atoms with Crippen LogP contribution in [0.25, 0.3) is 0 Å². The molecule has 0 spiro atoms. The smallest absolute Gasteiger partial charge is 0.422 e. The van der Waals surface area contributed by atoms with Crippen LogP contribution in [-0.2, 0) is 0 Å². The molecule has 0 aliphatic rings. The van der Waals surface area contributed by atoms with Crippen molar-refractivity contribution in [3.8, 4) is 5.75 Å². The zero-order valence-electron chi connectivity index (χ0n) is 11.8. The van der Waals surface area contributed by atoms with Crippen LogP contribution >= 0.6 is 11.6 Å². The van der Waals surface area contributed by atoms with Crippen molar-refractivity contribution in [2.45, 2.75) is 6.18 Å². The molecule has 1 N–H and O–H groups in total. The number of para-hydroxylation sites is 1. The molecule has 0 aliphatic heterocycles. The lowest BCUT2D eigenvalue weighted by Crippen LogP contribution is -2.21. The van der Waals surface area contributed by atoms with E-state index in [1.165, 1.54) is 12.1 Å². The van der Waals surface area contributed by atoms with Crippen molar-refractivity contribution in [3.63, 3.8) is 0 Å². The van der Waals surface area contributed by atoms with Gasteiger partial charge in [0.15, 0.2) is 6.61 Å². The van der Waals surface area contributed by atoms with Gasteiger partial charge in [0, 0.05) is 0 Å². The minimum atomic E-state index is -4.64.